The van der Waals surface area contributed by atoms with Crippen LogP contribution in [-0.2, 0) is 4.79 Å². The third kappa shape index (κ3) is 5.65. The number of alkyl halides is 2. The van der Waals surface area contributed by atoms with Crippen molar-refractivity contribution in [1.29, 1.82) is 0 Å². The third-order valence-electron chi connectivity index (χ3n) is 2.83. The quantitative estimate of drug-likeness (QED) is 0.637. The van der Waals surface area contributed by atoms with E-state index in [1.54, 1.807) is 30.3 Å². The van der Waals surface area contributed by atoms with Crippen LogP contribution in [0.5, 0.6) is 0 Å². The molecule has 1 aromatic carbocycles. The summed E-state index contributed by atoms with van der Waals surface area (Å²) in [6.45, 7) is 1.07. The van der Waals surface area contributed by atoms with Gasteiger partial charge in [-0.2, -0.15) is 0 Å². The van der Waals surface area contributed by atoms with Crippen molar-refractivity contribution in [2.24, 2.45) is 5.73 Å². The highest BCUT2D eigenvalue weighted by Gasteiger charge is 2.33. The fraction of sp³-hybridized carbons (Fsp3) is 0.429. The van der Waals surface area contributed by atoms with E-state index in [-0.39, 0.29) is 0 Å². The zero-order chi connectivity index (χ0) is 16.8. The lowest BCUT2D eigenvalue weighted by Crippen LogP contribution is -2.57. The minimum Gasteiger partial charge on any atom is -0.348 e. The van der Waals surface area contributed by atoms with Crippen LogP contribution < -0.4 is 21.7 Å². The maximum Gasteiger partial charge on any atom is 0.320 e. The number of urea groups is 1. The average molecular weight is 314 g/mol. The molecular formula is C14H20F2N4O2. The molecule has 5 N–H and O–H groups in total. The van der Waals surface area contributed by atoms with E-state index >= 15 is 0 Å². The van der Waals surface area contributed by atoms with Gasteiger partial charge in [0, 0.05) is 5.69 Å². The number of rotatable bonds is 6. The van der Waals surface area contributed by atoms with Gasteiger partial charge in [-0.15, -0.1) is 0 Å². The molecule has 122 valence electrons. The molecule has 3 amide bonds. The van der Waals surface area contributed by atoms with Gasteiger partial charge < -0.3 is 21.7 Å². The summed E-state index contributed by atoms with van der Waals surface area (Å²) in [7, 11) is 0. The third-order valence-corrected chi connectivity index (χ3v) is 2.83. The Bertz CT molecular complexity index is 521. The summed E-state index contributed by atoms with van der Waals surface area (Å²) in [4.78, 5) is 23.7. The minimum absolute atomic E-state index is 0.547. The Morgan fingerprint density at radius 3 is 2.32 bits per heavy atom. The van der Waals surface area contributed by atoms with Crippen LogP contribution in [0.15, 0.2) is 30.3 Å². The molecule has 0 saturated carbocycles. The van der Waals surface area contributed by atoms with Crippen LogP contribution in [0.2, 0.25) is 0 Å². The summed E-state index contributed by atoms with van der Waals surface area (Å²) in [6, 6.07) is 8.00. The van der Waals surface area contributed by atoms with Gasteiger partial charge in [-0.3, -0.25) is 4.79 Å². The monoisotopic (exact) mass is 314 g/mol. The summed E-state index contributed by atoms with van der Waals surface area (Å²) in [5.74, 6) is -3.92. The van der Waals surface area contributed by atoms with E-state index in [1.165, 1.54) is 13.8 Å². The highest BCUT2D eigenvalue weighted by atomic mass is 19.3. The molecule has 0 saturated heterocycles. The van der Waals surface area contributed by atoms with Crippen molar-refractivity contribution in [2.75, 3.05) is 18.4 Å². The standard InChI is InChI=1S/C14H20F2N4O2/c1-13(2,11(21)18-9-14(15,16)8-17)20-12(22)19-10-6-4-3-5-7-10/h3-7H,8-9,17H2,1-2H3,(H,18,21)(H2,19,20,22). The van der Waals surface area contributed by atoms with Gasteiger partial charge in [-0.25, -0.2) is 13.6 Å². The van der Waals surface area contributed by atoms with E-state index in [0.717, 1.165) is 0 Å². The number of amides is 3. The molecule has 0 fully saturated rings. The van der Waals surface area contributed by atoms with E-state index < -0.39 is 36.5 Å². The lowest BCUT2D eigenvalue weighted by atomic mass is 10.0. The van der Waals surface area contributed by atoms with Crippen LogP contribution in [0.1, 0.15) is 13.8 Å². The zero-order valence-corrected chi connectivity index (χ0v) is 12.5. The van der Waals surface area contributed by atoms with Crippen molar-refractivity contribution in [3.05, 3.63) is 30.3 Å². The number of halogens is 2. The van der Waals surface area contributed by atoms with Crippen molar-refractivity contribution in [2.45, 2.75) is 25.3 Å². The first-order valence-corrected chi connectivity index (χ1v) is 6.67. The predicted octanol–water partition coefficient (Wildman–Crippen LogP) is 1.30. The van der Waals surface area contributed by atoms with Crippen LogP contribution in [0, 0.1) is 0 Å². The van der Waals surface area contributed by atoms with Gasteiger partial charge in [-0.1, -0.05) is 18.2 Å². The number of benzene rings is 1. The summed E-state index contributed by atoms with van der Waals surface area (Å²) >= 11 is 0. The first kappa shape index (κ1) is 17.8. The number of hydrogen-bond donors (Lipinski definition) is 4. The first-order valence-electron chi connectivity index (χ1n) is 6.67. The van der Waals surface area contributed by atoms with Gasteiger partial charge in [0.25, 0.3) is 5.92 Å². The van der Waals surface area contributed by atoms with Crippen LogP contribution in [0.3, 0.4) is 0 Å². The molecule has 22 heavy (non-hydrogen) atoms. The lowest BCUT2D eigenvalue weighted by Gasteiger charge is -2.26. The van der Waals surface area contributed by atoms with Crippen molar-refractivity contribution in [3.8, 4) is 0 Å². The second-order valence-electron chi connectivity index (χ2n) is 5.31. The lowest BCUT2D eigenvalue weighted by molar-refractivity contribution is -0.127. The van der Waals surface area contributed by atoms with E-state index in [9.17, 15) is 18.4 Å². The Morgan fingerprint density at radius 1 is 1.18 bits per heavy atom. The molecule has 8 heteroatoms. The van der Waals surface area contributed by atoms with Gasteiger partial charge in [0.1, 0.15) is 5.54 Å². The number of nitrogens with two attached hydrogens (primary N) is 1. The van der Waals surface area contributed by atoms with Crippen molar-refractivity contribution in [1.82, 2.24) is 10.6 Å². The maximum atomic E-state index is 13.0. The van der Waals surface area contributed by atoms with E-state index in [4.69, 9.17) is 5.73 Å². The SMILES string of the molecule is CC(C)(NC(=O)Nc1ccccc1)C(=O)NCC(F)(F)CN. The molecular weight excluding hydrogens is 294 g/mol. The summed E-state index contributed by atoms with van der Waals surface area (Å²) in [5.41, 5.74) is 4.08. The van der Waals surface area contributed by atoms with Crippen LogP contribution in [-0.4, -0.2) is 36.5 Å². The molecule has 0 bridgehead atoms. The normalized spacial score (nSPS) is 11.7. The predicted molar refractivity (Wildman–Crippen MR) is 79.7 cm³/mol. The van der Waals surface area contributed by atoms with Gasteiger partial charge in [-0.05, 0) is 26.0 Å². The van der Waals surface area contributed by atoms with Gasteiger partial charge in [0.15, 0.2) is 0 Å². The topological polar surface area (TPSA) is 96.2 Å². The van der Waals surface area contributed by atoms with Crippen molar-refractivity contribution >= 4 is 17.6 Å². The Hall–Kier alpha value is -2.22. The minimum atomic E-state index is -3.18. The first-order chi connectivity index (χ1) is 10.2. The van der Waals surface area contributed by atoms with Crippen molar-refractivity contribution < 1.29 is 18.4 Å². The number of anilines is 1. The van der Waals surface area contributed by atoms with Gasteiger partial charge in [0.2, 0.25) is 5.91 Å². The average Bonchev–Trinajstić information content (AvgIpc) is 2.45. The van der Waals surface area contributed by atoms with Gasteiger partial charge >= 0.3 is 6.03 Å². The molecule has 0 aliphatic rings. The number of hydrogen-bond acceptors (Lipinski definition) is 3. The number of carbonyl (C=O) groups is 2. The Kier molecular flexibility index (Phi) is 5.81. The van der Waals surface area contributed by atoms with Crippen LogP contribution in [0.4, 0.5) is 19.3 Å². The molecule has 0 spiro atoms. The maximum absolute atomic E-state index is 13.0. The molecule has 0 heterocycles. The van der Waals surface area contributed by atoms with E-state index in [2.05, 4.69) is 16.0 Å². The van der Waals surface area contributed by atoms with Crippen LogP contribution in [0.25, 0.3) is 0 Å². The molecule has 0 aliphatic carbocycles. The largest absolute Gasteiger partial charge is 0.348 e. The number of para-hydroxylation sites is 1. The molecule has 0 atom stereocenters. The highest BCUT2D eigenvalue weighted by Crippen LogP contribution is 2.11. The molecule has 1 aromatic rings. The van der Waals surface area contributed by atoms with Gasteiger partial charge in [0.05, 0.1) is 13.1 Å². The van der Waals surface area contributed by atoms with Crippen LogP contribution >= 0.6 is 0 Å². The Labute approximate surface area is 127 Å². The second kappa shape index (κ2) is 7.17. The number of carbonyl (C=O) groups excluding carboxylic acids is 2. The van der Waals surface area contributed by atoms with Crippen molar-refractivity contribution in [3.63, 3.8) is 0 Å². The fourth-order valence-electron chi connectivity index (χ4n) is 1.53. The smallest absolute Gasteiger partial charge is 0.320 e. The summed E-state index contributed by atoms with van der Waals surface area (Å²) < 4.78 is 26.0. The molecule has 0 unspecified atom stereocenters. The Balaban J connectivity index is 2.54. The molecule has 1 rings (SSSR count). The van der Waals surface area contributed by atoms with E-state index in [0.29, 0.717) is 5.69 Å². The highest BCUT2D eigenvalue weighted by molar-refractivity contribution is 5.95. The molecule has 0 radical (unpaired) electrons. The molecule has 0 aliphatic heterocycles. The summed E-state index contributed by atoms with van der Waals surface area (Å²) in [5, 5.41) is 7.03. The molecule has 6 nitrogen and oxygen atoms in total. The van der Waals surface area contributed by atoms with E-state index in [1.807, 2.05) is 0 Å². The zero-order valence-electron chi connectivity index (χ0n) is 12.5. The Morgan fingerprint density at radius 2 is 1.77 bits per heavy atom. The molecule has 0 aromatic heterocycles. The second-order valence-corrected chi connectivity index (χ2v) is 5.31. The summed E-state index contributed by atoms with van der Waals surface area (Å²) in [6.07, 6.45) is 0. The fourth-order valence-corrected chi connectivity index (χ4v) is 1.53. The number of nitrogens with one attached hydrogen (secondary N) is 3.